The fraction of sp³-hybridized carbons (Fsp3) is 0.500. The van der Waals surface area contributed by atoms with Gasteiger partial charge in [0.1, 0.15) is 0 Å². The van der Waals surface area contributed by atoms with Crippen molar-refractivity contribution >= 4 is 17.3 Å². The summed E-state index contributed by atoms with van der Waals surface area (Å²) in [5, 5.41) is 10.1. The van der Waals surface area contributed by atoms with Crippen LogP contribution in [-0.4, -0.2) is 29.7 Å². The Bertz CT molecular complexity index is 486. The summed E-state index contributed by atoms with van der Waals surface area (Å²) >= 11 is 0. The third kappa shape index (κ3) is 3.17. The number of nitrogens with two attached hydrogens (primary N) is 2. The van der Waals surface area contributed by atoms with Crippen LogP contribution in [-0.2, 0) is 0 Å². The number of hydrogen-bond donors (Lipinski definition) is 3. The highest BCUT2D eigenvalue weighted by Crippen LogP contribution is 2.29. The zero-order chi connectivity index (χ0) is 14.0. The average Bonchev–Trinajstić information content (AvgIpc) is 2.50. The second-order valence-corrected chi connectivity index (χ2v) is 5.48. The number of carbonyl (C=O) groups excluding carboxylic acids is 1. The minimum Gasteiger partial charge on any atom is -0.397 e. The second-order valence-electron chi connectivity index (χ2n) is 5.48. The molecule has 0 radical (unpaired) electrons. The Morgan fingerprint density at radius 2 is 2.11 bits per heavy atom. The zero-order valence-corrected chi connectivity index (χ0v) is 11.2. The normalized spacial score (nSPS) is 24.0. The van der Waals surface area contributed by atoms with Gasteiger partial charge >= 0.3 is 0 Å². The van der Waals surface area contributed by atoms with Gasteiger partial charge in [0.05, 0.1) is 17.0 Å². The first kappa shape index (κ1) is 13.7. The molecular formula is C14H21N3O2. The predicted octanol–water partition coefficient (Wildman–Crippen LogP) is 1.11. The first-order valence-electron chi connectivity index (χ1n) is 6.56. The van der Waals surface area contributed by atoms with Crippen molar-refractivity contribution in [2.75, 3.05) is 23.7 Å². The first-order valence-corrected chi connectivity index (χ1v) is 6.56. The van der Waals surface area contributed by atoms with E-state index in [1.54, 1.807) is 12.1 Å². The highest BCUT2D eigenvalue weighted by atomic mass is 16.3. The number of hydrogen-bond acceptors (Lipinski definition) is 4. The van der Waals surface area contributed by atoms with Crippen molar-refractivity contribution in [3.63, 3.8) is 0 Å². The minimum atomic E-state index is -0.601. The SMILES string of the molecule is CC1(O)CCCN(c2ccc(C(N)=O)cc2N)CC1. The minimum absolute atomic E-state index is 0.420. The van der Waals surface area contributed by atoms with Gasteiger partial charge in [0, 0.05) is 18.7 Å². The number of anilines is 2. The molecule has 5 nitrogen and oxygen atoms in total. The molecule has 0 saturated carbocycles. The highest BCUT2D eigenvalue weighted by molar-refractivity contribution is 5.94. The van der Waals surface area contributed by atoms with E-state index in [1.165, 1.54) is 0 Å². The summed E-state index contributed by atoms with van der Waals surface area (Å²) < 4.78 is 0. The smallest absolute Gasteiger partial charge is 0.248 e. The van der Waals surface area contributed by atoms with Gasteiger partial charge in [0.2, 0.25) is 5.91 Å². The average molecular weight is 263 g/mol. The van der Waals surface area contributed by atoms with Crippen LogP contribution in [0.25, 0.3) is 0 Å². The molecule has 2 rings (SSSR count). The molecule has 5 N–H and O–H groups in total. The topological polar surface area (TPSA) is 92.6 Å². The van der Waals surface area contributed by atoms with Crippen molar-refractivity contribution in [1.29, 1.82) is 0 Å². The summed E-state index contributed by atoms with van der Waals surface area (Å²) in [4.78, 5) is 13.3. The molecule has 1 fully saturated rings. The van der Waals surface area contributed by atoms with Crippen LogP contribution in [0.4, 0.5) is 11.4 Å². The molecule has 0 aliphatic carbocycles. The monoisotopic (exact) mass is 263 g/mol. The van der Waals surface area contributed by atoms with Crippen molar-refractivity contribution in [2.45, 2.75) is 31.8 Å². The standard InChI is InChI=1S/C14H21N3O2/c1-14(19)5-2-7-17(8-6-14)12-4-3-10(13(16)18)9-11(12)15/h3-4,9,19H,2,5-8,15H2,1H3,(H2,16,18). The van der Waals surface area contributed by atoms with Crippen molar-refractivity contribution in [3.05, 3.63) is 23.8 Å². The van der Waals surface area contributed by atoms with Gasteiger partial charge in [-0.2, -0.15) is 0 Å². The molecule has 104 valence electrons. The van der Waals surface area contributed by atoms with Gasteiger partial charge in [-0.3, -0.25) is 4.79 Å². The lowest BCUT2D eigenvalue weighted by Crippen LogP contribution is -2.28. The summed E-state index contributed by atoms with van der Waals surface area (Å²) in [7, 11) is 0. The Hall–Kier alpha value is -1.75. The molecule has 0 bridgehead atoms. The molecule has 1 heterocycles. The molecule has 19 heavy (non-hydrogen) atoms. The van der Waals surface area contributed by atoms with E-state index in [4.69, 9.17) is 11.5 Å². The third-order valence-corrected chi connectivity index (χ3v) is 3.72. The van der Waals surface area contributed by atoms with Crippen molar-refractivity contribution in [1.82, 2.24) is 0 Å². The van der Waals surface area contributed by atoms with Crippen LogP contribution in [0.2, 0.25) is 0 Å². The fourth-order valence-electron chi connectivity index (χ4n) is 2.50. The Balaban J connectivity index is 2.20. The maximum absolute atomic E-state index is 11.1. The zero-order valence-electron chi connectivity index (χ0n) is 11.2. The summed E-state index contributed by atoms with van der Waals surface area (Å²) in [6.07, 6.45) is 2.43. The van der Waals surface area contributed by atoms with Crippen LogP contribution in [0.15, 0.2) is 18.2 Å². The third-order valence-electron chi connectivity index (χ3n) is 3.72. The summed E-state index contributed by atoms with van der Waals surface area (Å²) in [6, 6.07) is 5.13. The van der Waals surface area contributed by atoms with Gasteiger partial charge in [0.25, 0.3) is 0 Å². The van der Waals surface area contributed by atoms with E-state index in [-0.39, 0.29) is 0 Å². The molecule has 1 amide bonds. The number of carbonyl (C=O) groups is 1. The second kappa shape index (κ2) is 5.09. The number of benzene rings is 1. The Kier molecular flexibility index (Phi) is 3.66. The number of primary amides is 1. The lowest BCUT2D eigenvalue weighted by molar-refractivity contribution is 0.0481. The van der Waals surface area contributed by atoms with Gasteiger partial charge in [-0.15, -0.1) is 0 Å². The lowest BCUT2D eigenvalue weighted by Gasteiger charge is -2.25. The van der Waals surface area contributed by atoms with E-state index >= 15 is 0 Å². The first-order chi connectivity index (χ1) is 8.89. The van der Waals surface area contributed by atoms with E-state index in [9.17, 15) is 9.90 Å². The molecule has 1 aromatic rings. The molecule has 5 heteroatoms. The molecule has 1 aromatic carbocycles. The van der Waals surface area contributed by atoms with Gasteiger partial charge in [0.15, 0.2) is 0 Å². The lowest BCUT2D eigenvalue weighted by atomic mass is 9.98. The summed E-state index contributed by atoms with van der Waals surface area (Å²) in [6.45, 7) is 3.49. The number of nitrogens with zero attached hydrogens (tertiary/aromatic N) is 1. The van der Waals surface area contributed by atoms with E-state index in [0.29, 0.717) is 17.7 Å². The largest absolute Gasteiger partial charge is 0.397 e. The van der Waals surface area contributed by atoms with Crippen LogP contribution in [0.3, 0.4) is 0 Å². The number of rotatable bonds is 2. The fourth-order valence-corrected chi connectivity index (χ4v) is 2.50. The van der Waals surface area contributed by atoms with E-state index in [0.717, 1.165) is 31.6 Å². The molecule has 1 aliphatic rings. The maximum atomic E-state index is 11.1. The Labute approximate surface area is 113 Å². The number of amides is 1. The molecule has 1 aliphatic heterocycles. The summed E-state index contributed by atoms with van der Waals surface area (Å²) in [5.41, 5.74) is 12.5. The van der Waals surface area contributed by atoms with Crippen LogP contribution < -0.4 is 16.4 Å². The van der Waals surface area contributed by atoms with Crippen molar-refractivity contribution in [3.8, 4) is 0 Å². The van der Waals surface area contributed by atoms with Crippen LogP contribution in [0, 0.1) is 0 Å². The van der Waals surface area contributed by atoms with Gasteiger partial charge in [-0.1, -0.05) is 0 Å². The maximum Gasteiger partial charge on any atom is 0.248 e. The molecule has 1 saturated heterocycles. The highest BCUT2D eigenvalue weighted by Gasteiger charge is 2.25. The quantitative estimate of drug-likeness (QED) is 0.697. The molecule has 1 atom stereocenters. The molecule has 0 aromatic heterocycles. The van der Waals surface area contributed by atoms with E-state index in [2.05, 4.69) is 4.90 Å². The van der Waals surface area contributed by atoms with Gasteiger partial charge < -0.3 is 21.5 Å². The van der Waals surface area contributed by atoms with E-state index < -0.39 is 11.5 Å². The van der Waals surface area contributed by atoms with Crippen molar-refractivity contribution in [2.24, 2.45) is 5.73 Å². The van der Waals surface area contributed by atoms with E-state index in [1.807, 2.05) is 13.0 Å². The molecular weight excluding hydrogens is 242 g/mol. The predicted molar refractivity (Wildman–Crippen MR) is 76.1 cm³/mol. The number of nitrogen functional groups attached to an aromatic ring is 1. The molecule has 0 spiro atoms. The Morgan fingerprint density at radius 1 is 1.37 bits per heavy atom. The van der Waals surface area contributed by atoms with Crippen LogP contribution in [0.1, 0.15) is 36.5 Å². The Morgan fingerprint density at radius 3 is 2.74 bits per heavy atom. The van der Waals surface area contributed by atoms with Crippen LogP contribution >= 0.6 is 0 Å². The van der Waals surface area contributed by atoms with Gasteiger partial charge in [-0.05, 0) is 44.4 Å². The van der Waals surface area contributed by atoms with Crippen molar-refractivity contribution < 1.29 is 9.90 Å². The van der Waals surface area contributed by atoms with Crippen LogP contribution in [0.5, 0.6) is 0 Å². The van der Waals surface area contributed by atoms with Gasteiger partial charge in [-0.25, -0.2) is 0 Å². The molecule has 1 unspecified atom stereocenters. The number of aliphatic hydroxyl groups is 1. The summed E-state index contributed by atoms with van der Waals surface area (Å²) in [5.74, 6) is -0.475.